The lowest BCUT2D eigenvalue weighted by atomic mass is 10.2. The summed E-state index contributed by atoms with van der Waals surface area (Å²) < 4.78 is 19.0. The molecular formula is C20H13FN4O2S. The summed E-state index contributed by atoms with van der Waals surface area (Å²) in [5, 5.41) is 2.43. The second kappa shape index (κ2) is 8.01. The predicted octanol–water partition coefficient (Wildman–Crippen LogP) is 4.94. The van der Waals surface area contributed by atoms with Gasteiger partial charge in [-0.25, -0.2) is 19.4 Å². The first-order chi connectivity index (χ1) is 13.7. The van der Waals surface area contributed by atoms with Crippen LogP contribution in [-0.4, -0.2) is 21.0 Å². The van der Waals surface area contributed by atoms with Crippen molar-refractivity contribution in [3.8, 4) is 11.8 Å². The van der Waals surface area contributed by atoms with E-state index < -0.39 is 5.82 Å². The molecule has 3 aromatic rings. The van der Waals surface area contributed by atoms with Gasteiger partial charge in [0.05, 0.1) is 10.6 Å². The van der Waals surface area contributed by atoms with Crippen molar-refractivity contribution in [1.82, 2.24) is 15.3 Å². The van der Waals surface area contributed by atoms with Crippen molar-refractivity contribution in [2.24, 2.45) is 4.99 Å². The highest BCUT2D eigenvalue weighted by Gasteiger charge is 2.23. The van der Waals surface area contributed by atoms with Crippen molar-refractivity contribution in [3.05, 3.63) is 83.3 Å². The lowest BCUT2D eigenvalue weighted by Gasteiger charge is -2.04. The van der Waals surface area contributed by atoms with E-state index in [0.29, 0.717) is 22.2 Å². The molecule has 0 atom stereocenters. The third kappa shape index (κ3) is 4.41. The average Bonchev–Trinajstić information content (AvgIpc) is 3.01. The number of hydrogen-bond acceptors (Lipinski definition) is 6. The largest absolute Gasteiger partial charge is 0.424 e. The van der Waals surface area contributed by atoms with Crippen molar-refractivity contribution >= 4 is 34.6 Å². The minimum atomic E-state index is -0.391. The van der Waals surface area contributed by atoms with Crippen LogP contribution in [0.25, 0.3) is 6.08 Å². The maximum Gasteiger partial charge on any atom is 0.321 e. The molecule has 2 heterocycles. The lowest BCUT2D eigenvalue weighted by Crippen LogP contribution is -2.18. The van der Waals surface area contributed by atoms with Crippen molar-refractivity contribution in [2.45, 2.75) is 0 Å². The first kappa shape index (κ1) is 17.9. The number of aliphatic imine (C=N–C) groups is 1. The van der Waals surface area contributed by atoms with Gasteiger partial charge in [0, 0.05) is 12.4 Å². The zero-order valence-corrected chi connectivity index (χ0v) is 15.2. The summed E-state index contributed by atoms with van der Waals surface area (Å²) in [6.07, 6.45) is 4.99. The van der Waals surface area contributed by atoms with Gasteiger partial charge in [-0.15, -0.1) is 0 Å². The van der Waals surface area contributed by atoms with Gasteiger partial charge in [0.15, 0.2) is 0 Å². The molecule has 1 aliphatic heterocycles. The number of ether oxygens (including phenoxy) is 1. The summed E-state index contributed by atoms with van der Waals surface area (Å²) in [5.41, 5.74) is 1.22. The number of carbonyl (C=O) groups is 1. The van der Waals surface area contributed by atoms with Gasteiger partial charge < -0.3 is 10.1 Å². The number of carbonyl (C=O) groups excluding carboxylic acids is 1. The second-order valence-electron chi connectivity index (χ2n) is 5.67. The van der Waals surface area contributed by atoms with Crippen LogP contribution in [0.2, 0.25) is 0 Å². The summed E-state index contributed by atoms with van der Waals surface area (Å²) in [7, 11) is 0. The first-order valence-electron chi connectivity index (χ1n) is 8.26. The summed E-state index contributed by atoms with van der Waals surface area (Å²) in [5.74, 6) is 0.544. The Balaban J connectivity index is 1.61. The quantitative estimate of drug-likeness (QED) is 0.681. The average molecular weight is 392 g/mol. The van der Waals surface area contributed by atoms with Crippen LogP contribution in [0.15, 0.2) is 76.9 Å². The Morgan fingerprint density at radius 1 is 1.07 bits per heavy atom. The summed E-state index contributed by atoms with van der Waals surface area (Å²) >= 11 is 1.02. The lowest BCUT2D eigenvalue weighted by molar-refractivity contribution is 0.265. The Labute approximate surface area is 164 Å². The van der Waals surface area contributed by atoms with Gasteiger partial charge in [-0.1, -0.05) is 18.2 Å². The molecule has 138 valence electrons. The Morgan fingerprint density at radius 3 is 2.71 bits per heavy atom. The zero-order chi connectivity index (χ0) is 19.3. The fraction of sp³-hybridized carbons (Fsp3) is 0. The predicted molar refractivity (Wildman–Crippen MR) is 106 cm³/mol. The molecule has 1 amide bonds. The maximum absolute atomic E-state index is 13.4. The molecule has 6 nitrogen and oxygen atoms in total. The molecule has 0 aliphatic carbocycles. The van der Waals surface area contributed by atoms with Crippen LogP contribution < -0.4 is 10.1 Å². The van der Waals surface area contributed by atoms with Crippen molar-refractivity contribution in [3.63, 3.8) is 0 Å². The van der Waals surface area contributed by atoms with Crippen LogP contribution in [0, 0.1) is 5.82 Å². The minimum Gasteiger partial charge on any atom is -0.424 e. The molecule has 8 heteroatoms. The van der Waals surface area contributed by atoms with Gasteiger partial charge in [-0.3, -0.25) is 4.79 Å². The molecule has 0 saturated carbocycles. The molecule has 0 unspecified atom stereocenters. The van der Waals surface area contributed by atoms with E-state index in [9.17, 15) is 9.18 Å². The van der Waals surface area contributed by atoms with E-state index >= 15 is 0 Å². The molecule has 4 rings (SSSR count). The number of nitrogens with one attached hydrogen (secondary N) is 1. The van der Waals surface area contributed by atoms with Crippen LogP contribution in [0.1, 0.15) is 5.56 Å². The molecule has 1 aliphatic rings. The number of rotatable bonds is 4. The van der Waals surface area contributed by atoms with Gasteiger partial charge in [-0.2, -0.15) is 0 Å². The summed E-state index contributed by atoms with van der Waals surface area (Å²) in [6, 6.07) is 15.1. The van der Waals surface area contributed by atoms with Gasteiger partial charge in [-0.05, 0) is 59.8 Å². The highest BCUT2D eigenvalue weighted by atomic mass is 32.2. The first-order valence-corrected chi connectivity index (χ1v) is 9.07. The normalized spacial score (nSPS) is 16.4. The van der Waals surface area contributed by atoms with Crippen LogP contribution in [0.4, 0.5) is 14.9 Å². The van der Waals surface area contributed by atoms with E-state index in [4.69, 9.17) is 4.74 Å². The van der Waals surface area contributed by atoms with Crippen LogP contribution in [0.5, 0.6) is 11.8 Å². The van der Waals surface area contributed by atoms with E-state index in [1.165, 1.54) is 12.1 Å². The van der Waals surface area contributed by atoms with E-state index in [1.54, 1.807) is 48.8 Å². The van der Waals surface area contributed by atoms with Gasteiger partial charge in [0.1, 0.15) is 17.4 Å². The highest BCUT2D eigenvalue weighted by Crippen LogP contribution is 2.29. The monoisotopic (exact) mass is 392 g/mol. The van der Waals surface area contributed by atoms with Gasteiger partial charge in [0.25, 0.3) is 5.24 Å². The number of aromatic nitrogens is 2. The molecule has 1 saturated heterocycles. The SMILES string of the molecule is O=C1NC(=Nc2cccc(F)c2)/C(=C\c2cccc(Oc3ncccn3)c2)S1. The Hall–Kier alpha value is -3.52. The number of hydrogen-bond donors (Lipinski definition) is 1. The van der Waals surface area contributed by atoms with Crippen molar-refractivity contribution in [2.75, 3.05) is 0 Å². The maximum atomic E-state index is 13.4. The Morgan fingerprint density at radius 2 is 1.89 bits per heavy atom. The molecule has 1 aromatic heterocycles. The molecule has 2 aromatic carbocycles. The molecule has 0 bridgehead atoms. The van der Waals surface area contributed by atoms with E-state index in [1.807, 2.05) is 12.1 Å². The Bertz CT molecular complexity index is 1090. The fourth-order valence-electron chi connectivity index (χ4n) is 2.45. The minimum absolute atomic E-state index is 0.243. The Kier molecular flexibility index (Phi) is 5.11. The highest BCUT2D eigenvalue weighted by molar-refractivity contribution is 8.18. The zero-order valence-electron chi connectivity index (χ0n) is 14.4. The number of benzene rings is 2. The number of amides is 1. The number of halogens is 1. The fourth-order valence-corrected chi connectivity index (χ4v) is 3.19. The number of amidine groups is 1. The third-order valence-corrected chi connectivity index (χ3v) is 4.43. The molecule has 28 heavy (non-hydrogen) atoms. The third-order valence-electron chi connectivity index (χ3n) is 3.61. The molecule has 0 radical (unpaired) electrons. The van der Waals surface area contributed by atoms with Crippen LogP contribution >= 0.6 is 11.8 Å². The van der Waals surface area contributed by atoms with Gasteiger partial charge >= 0.3 is 6.01 Å². The smallest absolute Gasteiger partial charge is 0.321 e. The topological polar surface area (TPSA) is 76.5 Å². The van der Waals surface area contributed by atoms with Crippen LogP contribution in [-0.2, 0) is 0 Å². The molecule has 1 N–H and O–H groups in total. The number of thioether (sulfide) groups is 1. The van der Waals surface area contributed by atoms with Crippen LogP contribution in [0.3, 0.4) is 0 Å². The van der Waals surface area contributed by atoms with Crippen molar-refractivity contribution < 1.29 is 13.9 Å². The second-order valence-corrected chi connectivity index (χ2v) is 6.68. The van der Waals surface area contributed by atoms with E-state index in [-0.39, 0.29) is 11.2 Å². The van der Waals surface area contributed by atoms with Gasteiger partial charge in [0.2, 0.25) is 0 Å². The molecule has 0 spiro atoms. The summed E-state index contributed by atoms with van der Waals surface area (Å²) in [6.45, 7) is 0. The molecular weight excluding hydrogens is 379 g/mol. The van der Waals surface area contributed by atoms with Crippen molar-refractivity contribution in [1.29, 1.82) is 0 Å². The standard InChI is InChI=1S/C20H13FN4O2S/c21-14-5-2-6-15(12-14)24-18-17(28-20(26)25-18)11-13-4-1-7-16(10-13)27-19-22-8-3-9-23-19/h1-12H,(H,24,25,26)/b17-11+. The molecule has 1 fully saturated rings. The number of nitrogens with zero attached hydrogens (tertiary/aromatic N) is 3. The van der Waals surface area contributed by atoms with E-state index in [0.717, 1.165) is 17.3 Å². The summed E-state index contributed by atoms with van der Waals surface area (Å²) in [4.78, 5) is 24.9. The van der Waals surface area contributed by atoms with E-state index in [2.05, 4.69) is 20.3 Å².